The minimum atomic E-state index is -0.232. The van der Waals surface area contributed by atoms with Crippen LogP contribution in [0, 0.1) is 0 Å². The van der Waals surface area contributed by atoms with Gasteiger partial charge in [-0.2, -0.15) is 0 Å². The van der Waals surface area contributed by atoms with Gasteiger partial charge in [0, 0.05) is 26.2 Å². The van der Waals surface area contributed by atoms with Crippen LogP contribution in [0.15, 0.2) is 30.3 Å². The van der Waals surface area contributed by atoms with Crippen molar-refractivity contribution in [3.8, 4) is 0 Å². The molecule has 2 aliphatic rings. The average Bonchev–Trinajstić information content (AvgIpc) is 2.63. The van der Waals surface area contributed by atoms with Crippen LogP contribution in [0.2, 0.25) is 0 Å². The molecule has 1 atom stereocenters. The monoisotopic (exact) mass is 278 g/mol. The molecule has 2 aliphatic heterocycles. The molecule has 0 amide bonds. The summed E-state index contributed by atoms with van der Waals surface area (Å²) in [5.74, 6) is 0. The molecule has 1 unspecified atom stereocenters. The highest BCUT2D eigenvalue weighted by molar-refractivity contribution is 6.23. The molecule has 2 nitrogen and oxygen atoms in total. The summed E-state index contributed by atoms with van der Waals surface area (Å²) < 4.78 is 0. The Hall–Kier alpha value is -0.570. The smallest absolute Gasteiger partial charge is 0.151 e. The van der Waals surface area contributed by atoms with E-state index >= 15 is 0 Å². The highest BCUT2D eigenvalue weighted by atomic mass is 35.5. The van der Waals surface area contributed by atoms with Gasteiger partial charge in [-0.05, 0) is 31.2 Å². The lowest BCUT2D eigenvalue weighted by Gasteiger charge is -2.50. The number of fused-ring (bicyclic) bond motifs is 1. The van der Waals surface area contributed by atoms with Gasteiger partial charge in [0.15, 0.2) is 5.12 Å². The van der Waals surface area contributed by atoms with Gasteiger partial charge in [0.05, 0.1) is 0 Å². The van der Waals surface area contributed by atoms with Crippen molar-refractivity contribution in [3.63, 3.8) is 0 Å². The van der Waals surface area contributed by atoms with E-state index in [1.807, 2.05) is 0 Å². The number of alkyl halides is 1. The highest BCUT2D eigenvalue weighted by Crippen LogP contribution is 2.38. The lowest BCUT2D eigenvalue weighted by atomic mass is 10.1. The van der Waals surface area contributed by atoms with Crippen molar-refractivity contribution in [2.45, 2.75) is 43.8 Å². The number of benzene rings is 1. The summed E-state index contributed by atoms with van der Waals surface area (Å²) >= 11 is 7.05. The molecule has 2 fully saturated rings. The average molecular weight is 279 g/mol. The lowest BCUT2D eigenvalue weighted by molar-refractivity contribution is -0.0343. The number of rotatable bonds is 2. The topological polar surface area (TPSA) is 6.48 Å². The Morgan fingerprint density at radius 1 is 0.947 bits per heavy atom. The molecule has 3 heteroatoms. The number of hydrogen-bond acceptors (Lipinski definition) is 2. The third-order valence-electron chi connectivity index (χ3n) is 4.46. The first-order valence-electron chi connectivity index (χ1n) is 7.52. The van der Waals surface area contributed by atoms with E-state index in [9.17, 15) is 0 Å². The predicted molar refractivity (Wildman–Crippen MR) is 80.1 cm³/mol. The van der Waals surface area contributed by atoms with Crippen molar-refractivity contribution in [2.75, 3.05) is 19.6 Å². The Balaban J connectivity index is 1.79. The van der Waals surface area contributed by atoms with Crippen LogP contribution < -0.4 is 0 Å². The lowest BCUT2D eigenvalue weighted by Crippen LogP contribution is -2.60. The molecule has 1 aromatic carbocycles. The number of nitrogens with zero attached hydrogens (tertiary/aromatic N) is 2. The van der Waals surface area contributed by atoms with E-state index in [2.05, 4.69) is 40.1 Å². The molecule has 0 saturated carbocycles. The molecule has 1 aromatic rings. The van der Waals surface area contributed by atoms with Gasteiger partial charge < -0.3 is 0 Å². The van der Waals surface area contributed by atoms with Gasteiger partial charge in [-0.1, -0.05) is 48.4 Å². The molecule has 0 aromatic heterocycles. The quantitative estimate of drug-likeness (QED) is 0.602. The van der Waals surface area contributed by atoms with E-state index in [1.165, 1.54) is 31.2 Å². The predicted octanol–water partition coefficient (Wildman–Crippen LogP) is 3.66. The Morgan fingerprint density at radius 2 is 1.74 bits per heavy atom. The molecule has 104 valence electrons. The van der Waals surface area contributed by atoms with E-state index in [0.717, 1.165) is 32.6 Å². The highest BCUT2D eigenvalue weighted by Gasteiger charge is 2.43. The van der Waals surface area contributed by atoms with Crippen LogP contribution in [0.5, 0.6) is 0 Å². The van der Waals surface area contributed by atoms with E-state index < -0.39 is 0 Å². The summed E-state index contributed by atoms with van der Waals surface area (Å²) in [5.41, 5.74) is 1.37. The van der Waals surface area contributed by atoms with Gasteiger partial charge in [0.1, 0.15) is 0 Å². The number of halogens is 1. The van der Waals surface area contributed by atoms with Crippen molar-refractivity contribution in [1.29, 1.82) is 0 Å². The fourth-order valence-electron chi connectivity index (χ4n) is 3.43. The molecule has 0 radical (unpaired) electrons. The maximum Gasteiger partial charge on any atom is 0.151 e. The van der Waals surface area contributed by atoms with Crippen molar-refractivity contribution in [1.82, 2.24) is 9.80 Å². The largest absolute Gasteiger partial charge is 0.273 e. The zero-order valence-electron chi connectivity index (χ0n) is 11.5. The minimum Gasteiger partial charge on any atom is -0.273 e. The second kappa shape index (κ2) is 5.82. The fraction of sp³-hybridized carbons (Fsp3) is 0.625. The Kier molecular flexibility index (Phi) is 4.11. The third-order valence-corrected chi connectivity index (χ3v) is 5.13. The number of hydrogen-bond donors (Lipinski definition) is 0. The molecule has 0 spiro atoms. The molecule has 0 bridgehead atoms. The maximum atomic E-state index is 7.05. The summed E-state index contributed by atoms with van der Waals surface area (Å²) in [7, 11) is 0. The van der Waals surface area contributed by atoms with E-state index in [-0.39, 0.29) is 5.12 Å². The van der Waals surface area contributed by atoms with Gasteiger partial charge >= 0.3 is 0 Å². The molecule has 19 heavy (non-hydrogen) atoms. The van der Waals surface area contributed by atoms with E-state index in [1.54, 1.807) is 0 Å². The van der Waals surface area contributed by atoms with Crippen molar-refractivity contribution < 1.29 is 0 Å². The van der Waals surface area contributed by atoms with E-state index in [0.29, 0.717) is 0 Å². The van der Waals surface area contributed by atoms with Crippen LogP contribution in [0.25, 0.3) is 0 Å². The SMILES string of the molecule is ClC12CCCCCN1CCCN2Cc1ccccc1. The summed E-state index contributed by atoms with van der Waals surface area (Å²) in [6.07, 6.45) is 6.21. The summed E-state index contributed by atoms with van der Waals surface area (Å²) in [6.45, 7) is 4.42. The normalized spacial score (nSPS) is 29.7. The summed E-state index contributed by atoms with van der Waals surface area (Å²) in [5, 5.41) is -0.232. The maximum absolute atomic E-state index is 7.05. The molecule has 3 rings (SSSR count). The minimum absolute atomic E-state index is 0.232. The fourth-order valence-corrected chi connectivity index (χ4v) is 3.87. The Labute approximate surface area is 121 Å². The Morgan fingerprint density at radius 3 is 2.58 bits per heavy atom. The van der Waals surface area contributed by atoms with E-state index in [4.69, 9.17) is 11.6 Å². The standard InChI is InChI=1S/C16H23ClN2/c17-16-10-5-2-6-11-18(16)12-7-13-19(16)14-15-8-3-1-4-9-15/h1,3-4,8-9H,2,5-7,10-14H2. The Bertz CT molecular complexity index is 408. The molecule has 0 N–H and O–H groups in total. The van der Waals surface area contributed by atoms with Crippen LogP contribution in [-0.2, 0) is 6.54 Å². The zero-order valence-corrected chi connectivity index (χ0v) is 12.3. The summed E-state index contributed by atoms with van der Waals surface area (Å²) in [6, 6.07) is 10.7. The molecular weight excluding hydrogens is 256 g/mol. The van der Waals surface area contributed by atoms with Gasteiger partial charge in [0.25, 0.3) is 0 Å². The first kappa shape index (κ1) is 13.4. The van der Waals surface area contributed by atoms with Gasteiger partial charge in [-0.25, -0.2) is 0 Å². The van der Waals surface area contributed by atoms with Gasteiger partial charge in [-0.15, -0.1) is 0 Å². The molecule has 0 aliphatic carbocycles. The van der Waals surface area contributed by atoms with Crippen molar-refractivity contribution in [3.05, 3.63) is 35.9 Å². The van der Waals surface area contributed by atoms with Crippen LogP contribution in [0.3, 0.4) is 0 Å². The zero-order chi connectivity index (χ0) is 13.1. The van der Waals surface area contributed by atoms with Gasteiger partial charge in [-0.3, -0.25) is 9.80 Å². The molecule has 2 heterocycles. The van der Waals surface area contributed by atoms with Crippen LogP contribution in [-0.4, -0.2) is 34.6 Å². The third kappa shape index (κ3) is 2.81. The molecular formula is C16H23ClN2. The van der Waals surface area contributed by atoms with Crippen LogP contribution in [0.1, 0.15) is 37.7 Å². The van der Waals surface area contributed by atoms with Crippen molar-refractivity contribution >= 4 is 11.6 Å². The second-order valence-corrected chi connectivity index (χ2v) is 6.38. The first-order valence-corrected chi connectivity index (χ1v) is 7.90. The summed E-state index contributed by atoms with van der Waals surface area (Å²) in [4.78, 5) is 4.99. The van der Waals surface area contributed by atoms with Gasteiger partial charge in [0.2, 0.25) is 0 Å². The van der Waals surface area contributed by atoms with Crippen LogP contribution in [0.4, 0.5) is 0 Å². The van der Waals surface area contributed by atoms with Crippen molar-refractivity contribution in [2.24, 2.45) is 0 Å². The molecule has 2 saturated heterocycles. The van der Waals surface area contributed by atoms with Crippen LogP contribution >= 0.6 is 11.6 Å². The first-order chi connectivity index (χ1) is 9.29. The second-order valence-electron chi connectivity index (χ2n) is 5.78.